The topological polar surface area (TPSA) is 48.7 Å². The van der Waals surface area contributed by atoms with Crippen LogP contribution in [0.15, 0.2) is 46.9 Å². The average Bonchev–Trinajstić information content (AvgIpc) is 3.27. The van der Waals surface area contributed by atoms with Crippen LogP contribution in [-0.4, -0.2) is 11.5 Å². The van der Waals surface area contributed by atoms with E-state index in [2.05, 4.69) is 50.5 Å². The molecule has 100 valence electrons. The molecule has 20 heavy (non-hydrogen) atoms. The van der Waals surface area contributed by atoms with Crippen molar-refractivity contribution < 1.29 is 0 Å². The highest BCUT2D eigenvalue weighted by atomic mass is 79.9. The first kappa shape index (κ1) is 13.1. The highest BCUT2D eigenvalue weighted by Crippen LogP contribution is 2.48. The molecule has 1 aromatic heterocycles. The van der Waals surface area contributed by atoms with Crippen LogP contribution >= 0.6 is 15.9 Å². The minimum atomic E-state index is 0.216. The summed E-state index contributed by atoms with van der Waals surface area (Å²) < 4.78 is 1.12. The van der Waals surface area contributed by atoms with E-state index in [0.29, 0.717) is 5.69 Å². The van der Waals surface area contributed by atoms with Gasteiger partial charge in [0, 0.05) is 16.4 Å². The number of pyridine rings is 1. The van der Waals surface area contributed by atoms with Crippen LogP contribution in [0.3, 0.4) is 0 Å². The molecule has 1 fully saturated rings. The average molecular weight is 328 g/mol. The Morgan fingerprint density at radius 2 is 2.05 bits per heavy atom. The summed E-state index contributed by atoms with van der Waals surface area (Å²) in [5, 5.41) is 12.2. The summed E-state index contributed by atoms with van der Waals surface area (Å²) in [5.74, 6) is 0.769. The zero-order valence-corrected chi connectivity index (χ0v) is 12.5. The maximum atomic E-state index is 8.87. The predicted molar refractivity (Wildman–Crippen MR) is 82.5 cm³/mol. The van der Waals surface area contributed by atoms with Crippen molar-refractivity contribution in [3.05, 3.63) is 58.2 Å². The van der Waals surface area contributed by atoms with E-state index in [1.807, 2.05) is 18.2 Å². The van der Waals surface area contributed by atoms with Gasteiger partial charge in [0.2, 0.25) is 0 Å². The van der Waals surface area contributed by atoms with E-state index < -0.39 is 0 Å². The Balaban J connectivity index is 1.73. The smallest absolute Gasteiger partial charge is 0.142 e. The number of anilines is 1. The molecule has 2 aromatic rings. The van der Waals surface area contributed by atoms with Gasteiger partial charge >= 0.3 is 0 Å². The van der Waals surface area contributed by atoms with E-state index in [1.165, 1.54) is 18.4 Å². The highest BCUT2D eigenvalue weighted by Gasteiger charge is 2.44. The van der Waals surface area contributed by atoms with Crippen molar-refractivity contribution in [3.8, 4) is 6.07 Å². The van der Waals surface area contributed by atoms with Crippen LogP contribution in [0.5, 0.6) is 0 Å². The Hall–Kier alpha value is -1.86. The second kappa shape index (κ2) is 5.26. The fourth-order valence-electron chi connectivity index (χ4n) is 2.39. The molecule has 0 saturated heterocycles. The lowest BCUT2D eigenvalue weighted by molar-refractivity contribution is 0.729. The molecule has 1 N–H and O–H groups in total. The first-order valence-corrected chi connectivity index (χ1v) is 7.38. The number of hydrogen-bond acceptors (Lipinski definition) is 3. The summed E-state index contributed by atoms with van der Waals surface area (Å²) in [6.45, 7) is 0.853. The summed E-state index contributed by atoms with van der Waals surface area (Å²) in [4.78, 5) is 4.25. The summed E-state index contributed by atoms with van der Waals surface area (Å²) in [5.41, 5.74) is 2.02. The van der Waals surface area contributed by atoms with Gasteiger partial charge in [0.1, 0.15) is 17.6 Å². The molecule has 0 atom stereocenters. The Labute approximate surface area is 126 Å². The molecule has 0 aliphatic heterocycles. The van der Waals surface area contributed by atoms with Gasteiger partial charge in [-0.25, -0.2) is 4.98 Å². The third kappa shape index (κ3) is 2.68. The SMILES string of the molecule is N#Cc1cccc(NCC2(c3cccc(Br)c3)CC2)n1. The molecule has 3 nitrogen and oxygen atoms in total. The van der Waals surface area contributed by atoms with Crippen molar-refractivity contribution in [2.45, 2.75) is 18.3 Å². The standard InChI is InChI=1S/C16H14BrN3/c17-13-4-1-3-12(9-13)16(7-8-16)11-19-15-6-2-5-14(10-18)20-15/h1-6,9H,7-8,11H2,(H,19,20). The van der Waals surface area contributed by atoms with Crippen LogP contribution in [-0.2, 0) is 5.41 Å². The monoisotopic (exact) mass is 327 g/mol. The fraction of sp³-hybridized carbons (Fsp3) is 0.250. The lowest BCUT2D eigenvalue weighted by atomic mass is 9.96. The van der Waals surface area contributed by atoms with Gasteiger partial charge < -0.3 is 5.32 Å². The van der Waals surface area contributed by atoms with Crippen molar-refractivity contribution >= 4 is 21.7 Å². The van der Waals surface area contributed by atoms with Crippen molar-refractivity contribution in [3.63, 3.8) is 0 Å². The van der Waals surface area contributed by atoms with Crippen LogP contribution in [0.25, 0.3) is 0 Å². The molecule has 1 aliphatic carbocycles. The van der Waals surface area contributed by atoms with Gasteiger partial charge in [-0.3, -0.25) is 0 Å². The molecule has 0 unspecified atom stereocenters. The number of aromatic nitrogens is 1. The number of nitriles is 1. The minimum absolute atomic E-state index is 0.216. The summed E-state index contributed by atoms with van der Waals surface area (Å²) in [6.07, 6.45) is 2.38. The Bertz CT molecular complexity index is 671. The molecule has 1 saturated carbocycles. The van der Waals surface area contributed by atoms with Crippen LogP contribution in [0.1, 0.15) is 24.1 Å². The van der Waals surface area contributed by atoms with E-state index in [-0.39, 0.29) is 5.41 Å². The number of benzene rings is 1. The van der Waals surface area contributed by atoms with Crippen molar-refractivity contribution in [1.82, 2.24) is 4.98 Å². The van der Waals surface area contributed by atoms with Gasteiger partial charge in [0.15, 0.2) is 0 Å². The second-order valence-corrected chi connectivity index (χ2v) is 6.08. The minimum Gasteiger partial charge on any atom is -0.369 e. The largest absolute Gasteiger partial charge is 0.369 e. The Kier molecular flexibility index (Phi) is 3.45. The van der Waals surface area contributed by atoms with Crippen LogP contribution in [0, 0.1) is 11.3 Å². The van der Waals surface area contributed by atoms with E-state index in [1.54, 1.807) is 6.07 Å². The van der Waals surface area contributed by atoms with Gasteiger partial charge in [-0.05, 0) is 42.7 Å². The van der Waals surface area contributed by atoms with E-state index >= 15 is 0 Å². The number of halogens is 1. The molecule has 0 spiro atoms. The number of rotatable bonds is 4. The van der Waals surface area contributed by atoms with E-state index in [4.69, 9.17) is 5.26 Å². The zero-order chi connectivity index (χ0) is 14.0. The Morgan fingerprint density at radius 3 is 2.75 bits per heavy atom. The molecule has 4 heteroatoms. The number of nitrogens with one attached hydrogen (secondary N) is 1. The highest BCUT2D eigenvalue weighted by molar-refractivity contribution is 9.10. The molecular formula is C16H14BrN3. The second-order valence-electron chi connectivity index (χ2n) is 5.16. The van der Waals surface area contributed by atoms with Gasteiger partial charge in [-0.1, -0.05) is 34.1 Å². The Morgan fingerprint density at radius 1 is 1.25 bits per heavy atom. The molecule has 1 aliphatic rings. The summed E-state index contributed by atoms with van der Waals surface area (Å²) in [7, 11) is 0. The maximum Gasteiger partial charge on any atom is 0.142 e. The lowest BCUT2D eigenvalue weighted by Gasteiger charge is -2.17. The molecule has 1 heterocycles. The lowest BCUT2D eigenvalue weighted by Crippen LogP contribution is -2.20. The van der Waals surface area contributed by atoms with Crippen molar-refractivity contribution in [1.29, 1.82) is 5.26 Å². The van der Waals surface area contributed by atoms with E-state index in [0.717, 1.165) is 16.8 Å². The third-order valence-corrected chi connectivity index (χ3v) is 4.26. The first-order valence-electron chi connectivity index (χ1n) is 6.59. The van der Waals surface area contributed by atoms with Crippen molar-refractivity contribution in [2.75, 3.05) is 11.9 Å². The zero-order valence-electron chi connectivity index (χ0n) is 10.9. The van der Waals surface area contributed by atoms with Gasteiger partial charge in [-0.2, -0.15) is 5.26 Å². The normalized spacial score (nSPS) is 15.4. The quantitative estimate of drug-likeness (QED) is 0.927. The fourth-order valence-corrected chi connectivity index (χ4v) is 2.79. The van der Waals surface area contributed by atoms with Gasteiger partial charge in [0.25, 0.3) is 0 Å². The van der Waals surface area contributed by atoms with Crippen molar-refractivity contribution in [2.24, 2.45) is 0 Å². The molecule has 0 radical (unpaired) electrons. The molecular weight excluding hydrogens is 314 g/mol. The maximum absolute atomic E-state index is 8.87. The van der Waals surface area contributed by atoms with Crippen LogP contribution in [0.2, 0.25) is 0 Å². The molecule has 0 amide bonds. The third-order valence-electron chi connectivity index (χ3n) is 3.76. The molecule has 0 bridgehead atoms. The molecule has 3 rings (SSSR count). The van der Waals surface area contributed by atoms with Gasteiger partial charge in [-0.15, -0.1) is 0 Å². The number of hydrogen-bond donors (Lipinski definition) is 1. The first-order chi connectivity index (χ1) is 9.72. The summed E-state index contributed by atoms with van der Waals surface area (Å²) in [6, 6.07) is 16.0. The van der Waals surface area contributed by atoms with Gasteiger partial charge in [0.05, 0.1) is 0 Å². The van der Waals surface area contributed by atoms with Crippen LogP contribution in [0.4, 0.5) is 5.82 Å². The predicted octanol–water partition coefficient (Wildman–Crippen LogP) is 3.86. The summed E-state index contributed by atoms with van der Waals surface area (Å²) >= 11 is 3.53. The molecule has 1 aromatic carbocycles. The van der Waals surface area contributed by atoms with Crippen LogP contribution < -0.4 is 5.32 Å². The van der Waals surface area contributed by atoms with E-state index in [9.17, 15) is 0 Å². The number of nitrogens with zero attached hydrogens (tertiary/aromatic N) is 2.